The van der Waals surface area contributed by atoms with Gasteiger partial charge in [-0.2, -0.15) is 0 Å². The lowest BCUT2D eigenvalue weighted by Crippen LogP contribution is -2.37. The minimum absolute atomic E-state index is 0.00111. The van der Waals surface area contributed by atoms with Crippen molar-refractivity contribution in [3.8, 4) is 5.75 Å². The Hall–Kier alpha value is -3.06. The molecule has 0 heterocycles. The Morgan fingerprint density at radius 3 is 2.27 bits per heavy atom. The number of hydrogen-bond donors (Lipinski definition) is 2. The summed E-state index contributed by atoms with van der Waals surface area (Å²) in [4.78, 5) is 17.7. The van der Waals surface area contributed by atoms with E-state index < -0.39 is 0 Å². The highest BCUT2D eigenvalue weighted by Gasteiger charge is 2.07. The summed E-state index contributed by atoms with van der Waals surface area (Å²) in [7, 11) is 6.90. The molecule has 1 amide bonds. The minimum Gasteiger partial charge on any atom is -0.497 e. The van der Waals surface area contributed by atoms with Gasteiger partial charge in [0, 0.05) is 46.4 Å². The smallest absolute Gasteiger partial charge is 0.253 e. The fourth-order valence-corrected chi connectivity index (χ4v) is 2.72. The van der Waals surface area contributed by atoms with Crippen LogP contribution in [0.4, 0.5) is 0 Å². The standard InChI is InChI=1S/C23H32N4O3/c1-24-23(26-16-18-6-10-20(11-7-18)22(28)27(2)3)25-14-5-15-30-17-19-8-12-21(29-4)13-9-19/h6-13H,5,14-17H2,1-4H3,(H2,24,25,26). The van der Waals surface area contributed by atoms with Gasteiger partial charge in [-0.1, -0.05) is 24.3 Å². The van der Waals surface area contributed by atoms with Crippen LogP contribution in [-0.4, -0.2) is 58.2 Å². The number of methoxy groups -OCH3 is 1. The van der Waals surface area contributed by atoms with Crippen LogP contribution in [0.15, 0.2) is 53.5 Å². The highest BCUT2D eigenvalue weighted by Crippen LogP contribution is 2.12. The predicted octanol–water partition coefficient (Wildman–Crippen LogP) is 2.67. The Balaban J connectivity index is 1.63. The minimum atomic E-state index is 0.00111. The number of ether oxygens (including phenoxy) is 2. The largest absolute Gasteiger partial charge is 0.497 e. The third-order valence-electron chi connectivity index (χ3n) is 4.48. The SMILES string of the molecule is CN=C(NCCCOCc1ccc(OC)cc1)NCc1ccc(C(=O)N(C)C)cc1. The number of guanidine groups is 1. The third kappa shape index (κ3) is 7.75. The summed E-state index contributed by atoms with van der Waals surface area (Å²) in [5, 5.41) is 6.56. The molecule has 2 N–H and O–H groups in total. The van der Waals surface area contributed by atoms with E-state index in [4.69, 9.17) is 9.47 Å². The van der Waals surface area contributed by atoms with Crippen molar-refractivity contribution in [1.82, 2.24) is 15.5 Å². The zero-order chi connectivity index (χ0) is 21.8. The Bertz CT molecular complexity index is 802. The van der Waals surface area contributed by atoms with Crippen LogP contribution in [0.5, 0.6) is 5.75 Å². The Labute approximate surface area is 179 Å². The van der Waals surface area contributed by atoms with E-state index in [2.05, 4.69) is 15.6 Å². The van der Waals surface area contributed by atoms with E-state index in [0.29, 0.717) is 25.3 Å². The number of nitrogens with one attached hydrogen (secondary N) is 2. The number of rotatable bonds is 10. The van der Waals surface area contributed by atoms with Gasteiger partial charge in [-0.15, -0.1) is 0 Å². The number of amides is 1. The summed E-state index contributed by atoms with van der Waals surface area (Å²) in [6, 6.07) is 15.5. The van der Waals surface area contributed by atoms with Crippen LogP contribution in [-0.2, 0) is 17.9 Å². The number of aliphatic imine (C=N–C) groups is 1. The highest BCUT2D eigenvalue weighted by atomic mass is 16.5. The first-order valence-electron chi connectivity index (χ1n) is 9.99. The second-order valence-electron chi connectivity index (χ2n) is 7.00. The lowest BCUT2D eigenvalue weighted by atomic mass is 10.1. The van der Waals surface area contributed by atoms with Gasteiger partial charge in [-0.05, 0) is 41.8 Å². The summed E-state index contributed by atoms with van der Waals surface area (Å²) >= 11 is 0. The molecule has 162 valence electrons. The lowest BCUT2D eigenvalue weighted by Gasteiger charge is -2.13. The molecule has 0 saturated heterocycles. The number of nitrogens with zero attached hydrogens (tertiary/aromatic N) is 2. The van der Waals surface area contributed by atoms with Gasteiger partial charge in [0.2, 0.25) is 0 Å². The maximum absolute atomic E-state index is 11.9. The van der Waals surface area contributed by atoms with Crippen LogP contribution >= 0.6 is 0 Å². The topological polar surface area (TPSA) is 75.2 Å². The van der Waals surface area contributed by atoms with E-state index in [-0.39, 0.29) is 5.91 Å². The molecule has 0 spiro atoms. The molecule has 7 nitrogen and oxygen atoms in total. The van der Waals surface area contributed by atoms with Gasteiger partial charge in [0.15, 0.2) is 5.96 Å². The second-order valence-corrected chi connectivity index (χ2v) is 7.00. The van der Waals surface area contributed by atoms with Crippen molar-refractivity contribution < 1.29 is 14.3 Å². The van der Waals surface area contributed by atoms with Crippen molar-refractivity contribution >= 4 is 11.9 Å². The van der Waals surface area contributed by atoms with Gasteiger partial charge in [0.25, 0.3) is 5.91 Å². The number of benzene rings is 2. The quantitative estimate of drug-likeness (QED) is 0.357. The summed E-state index contributed by atoms with van der Waals surface area (Å²) < 4.78 is 10.9. The van der Waals surface area contributed by atoms with E-state index in [1.165, 1.54) is 0 Å². The van der Waals surface area contributed by atoms with Crippen LogP contribution in [0.25, 0.3) is 0 Å². The molecule has 0 atom stereocenters. The average molecular weight is 413 g/mol. The zero-order valence-corrected chi connectivity index (χ0v) is 18.3. The van der Waals surface area contributed by atoms with Crippen LogP contribution in [0.3, 0.4) is 0 Å². The Morgan fingerprint density at radius 2 is 1.67 bits per heavy atom. The maximum Gasteiger partial charge on any atom is 0.253 e. The summed E-state index contributed by atoms with van der Waals surface area (Å²) in [6.45, 7) is 2.64. The van der Waals surface area contributed by atoms with Gasteiger partial charge in [-0.3, -0.25) is 9.79 Å². The molecule has 2 aromatic rings. The predicted molar refractivity (Wildman–Crippen MR) is 120 cm³/mol. The number of carbonyl (C=O) groups is 1. The molecule has 0 aliphatic heterocycles. The van der Waals surface area contributed by atoms with Gasteiger partial charge >= 0.3 is 0 Å². The van der Waals surface area contributed by atoms with Gasteiger partial charge < -0.3 is 25.0 Å². The normalized spacial score (nSPS) is 11.1. The van der Waals surface area contributed by atoms with E-state index >= 15 is 0 Å². The van der Waals surface area contributed by atoms with Gasteiger partial charge in [0.1, 0.15) is 5.75 Å². The Morgan fingerprint density at radius 1 is 1.00 bits per heavy atom. The average Bonchev–Trinajstić information content (AvgIpc) is 2.78. The van der Waals surface area contributed by atoms with Crippen LogP contribution in [0, 0.1) is 0 Å². The first-order chi connectivity index (χ1) is 14.5. The fraction of sp³-hybridized carbons (Fsp3) is 0.391. The Kier molecular flexibility index (Phi) is 9.67. The van der Waals surface area contributed by atoms with Crippen LogP contribution in [0.1, 0.15) is 27.9 Å². The molecule has 0 bridgehead atoms. The second kappa shape index (κ2) is 12.5. The molecule has 0 fully saturated rings. The molecule has 30 heavy (non-hydrogen) atoms. The first-order valence-corrected chi connectivity index (χ1v) is 9.99. The monoisotopic (exact) mass is 412 g/mol. The fourth-order valence-electron chi connectivity index (χ4n) is 2.72. The van der Waals surface area contributed by atoms with Crippen molar-refractivity contribution in [2.24, 2.45) is 4.99 Å². The lowest BCUT2D eigenvalue weighted by molar-refractivity contribution is 0.0827. The van der Waals surface area contributed by atoms with Crippen molar-refractivity contribution in [3.05, 3.63) is 65.2 Å². The summed E-state index contributed by atoms with van der Waals surface area (Å²) in [5.74, 6) is 1.58. The molecule has 7 heteroatoms. The van der Waals surface area contributed by atoms with E-state index in [0.717, 1.165) is 35.8 Å². The molecule has 0 aliphatic rings. The molecule has 2 aromatic carbocycles. The van der Waals surface area contributed by atoms with Crippen molar-refractivity contribution in [2.45, 2.75) is 19.6 Å². The highest BCUT2D eigenvalue weighted by molar-refractivity contribution is 5.93. The van der Waals surface area contributed by atoms with Crippen LogP contribution in [0.2, 0.25) is 0 Å². The molecular formula is C23H32N4O3. The molecule has 0 radical (unpaired) electrons. The van der Waals surface area contributed by atoms with Gasteiger partial charge in [0.05, 0.1) is 13.7 Å². The molecule has 2 rings (SSSR count). The molecular weight excluding hydrogens is 380 g/mol. The van der Waals surface area contributed by atoms with E-state index in [1.807, 2.05) is 48.5 Å². The van der Waals surface area contributed by atoms with Crippen molar-refractivity contribution in [1.29, 1.82) is 0 Å². The van der Waals surface area contributed by atoms with Crippen molar-refractivity contribution in [3.63, 3.8) is 0 Å². The number of hydrogen-bond acceptors (Lipinski definition) is 4. The number of carbonyl (C=O) groups excluding carboxylic acids is 1. The van der Waals surface area contributed by atoms with Crippen LogP contribution < -0.4 is 15.4 Å². The first kappa shape index (κ1) is 23.2. The van der Waals surface area contributed by atoms with Crippen molar-refractivity contribution in [2.75, 3.05) is 41.4 Å². The van der Waals surface area contributed by atoms with E-state index in [1.54, 1.807) is 33.2 Å². The summed E-state index contributed by atoms with van der Waals surface area (Å²) in [5.41, 5.74) is 2.89. The maximum atomic E-state index is 11.9. The zero-order valence-electron chi connectivity index (χ0n) is 18.3. The summed E-state index contributed by atoms with van der Waals surface area (Å²) in [6.07, 6.45) is 0.873. The molecule has 0 aliphatic carbocycles. The molecule has 0 saturated carbocycles. The third-order valence-corrected chi connectivity index (χ3v) is 4.48. The van der Waals surface area contributed by atoms with E-state index in [9.17, 15) is 4.79 Å². The van der Waals surface area contributed by atoms with Gasteiger partial charge in [-0.25, -0.2) is 0 Å². The molecule has 0 aromatic heterocycles. The molecule has 0 unspecified atom stereocenters.